The molecule has 0 amide bonds. The highest BCUT2D eigenvalue weighted by Crippen LogP contribution is 2.34. The molecule has 1 aromatic carbocycles. The highest BCUT2D eigenvalue weighted by atomic mass is 79.9. The number of rotatable bonds is 1. The fourth-order valence-corrected chi connectivity index (χ4v) is 2.93. The summed E-state index contributed by atoms with van der Waals surface area (Å²) in [7, 11) is 0. The van der Waals surface area contributed by atoms with Crippen molar-refractivity contribution in [1.29, 1.82) is 0 Å². The van der Waals surface area contributed by atoms with Gasteiger partial charge in [-0.2, -0.15) is 0 Å². The molecule has 104 valence electrons. The maximum Gasteiger partial charge on any atom is 0.0669 e. The molecule has 0 N–H and O–H groups in total. The Hall–Kier alpha value is -2.05. The summed E-state index contributed by atoms with van der Waals surface area (Å²) in [5.74, 6) is 3.11. The number of benzene rings is 1. The zero-order valence-electron chi connectivity index (χ0n) is 12.0. The van der Waals surface area contributed by atoms with Crippen molar-refractivity contribution in [3.05, 3.63) is 53.9 Å². The van der Waals surface area contributed by atoms with Gasteiger partial charge in [-0.05, 0) is 43.2 Å². The van der Waals surface area contributed by atoms with E-state index in [1.807, 2.05) is 12.3 Å². The topological polar surface area (TPSA) is 17.8 Å². The van der Waals surface area contributed by atoms with E-state index in [0.717, 1.165) is 16.8 Å². The van der Waals surface area contributed by atoms with Gasteiger partial charge in [-0.15, -0.1) is 0 Å². The van der Waals surface area contributed by atoms with Crippen LogP contribution in [0.1, 0.15) is 11.1 Å². The van der Waals surface area contributed by atoms with E-state index in [2.05, 4.69) is 75.6 Å². The minimum Gasteiger partial charge on any atom is -0.268 e. The summed E-state index contributed by atoms with van der Waals surface area (Å²) >= 11 is 3.37. The fraction of sp³-hybridized carbons (Fsp3) is 0.167. The molecule has 0 spiro atoms. The molecule has 0 fully saturated rings. The van der Waals surface area contributed by atoms with Crippen LogP contribution in [0.2, 0.25) is 0 Å². The molecule has 0 aliphatic heterocycles. The summed E-state index contributed by atoms with van der Waals surface area (Å²) in [5, 5.41) is 1.93. The van der Waals surface area contributed by atoms with Crippen molar-refractivity contribution in [3.63, 3.8) is 0 Å². The second-order valence-corrected chi connectivity index (χ2v) is 5.50. The third-order valence-electron chi connectivity index (χ3n) is 3.64. The van der Waals surface area contributed by atoms with Gasteiger partial charge < -0.3 is 0 Å². The Balaban J connectivity index is 2.42. The monoisotopic (exact) mass is 338 g/mol. The van der Waals surface area contributed by atoms with E-state index in [-0.39, 0.29) is 0 Å². The van der Waals surface area contributed by atoms with Crippen LogP contribution >= 0.6 is 15.9 Å². The van der Waals surface area contributed by atoms with Crippen LogP contribution in [0.25, 0.3) is 22.2 Å². The summed E-state index contributed by atoms with van der Waals surface area (Å²) in [6, 6.07) is 13.6. The number of aryl methyl sites for hydroxylation is 2. The van der Waals surface area contributed by atoms with Crippen LogP contribution in [0.15, 0.2) is 42.7 Å². The number of pyridine rings is 1. The molecule has 2 heterocycles. The first-order chi connectivity index (χ1) is 10.2. The van der Waals surface area contributed by atoms with Gasteiger partial charge in [0.05, 0.1) is 16.5 Å². The number of hydrogen-bond acceptors (Lipinski definition) is 1. The maximum atomic E-state index is 4.25. The average molecular weight is 339 g/mol. The van der Waals surface area contributed by atoms with Crippen LogP contribution < -0.4 is 0 Å². The van der Waals surface area contributed by atoms with Crippen LogP contribution in [0.5, 0.6) is 0 Å². The third kappa shape index (κ3) is 2.36. The summed E-state index contributed by atoms with van der Waals surface area (Å²) in [6.45, 7) is 4.30. The first-order valence-electron chi connectivity index (χ1n) is 6.80. The zero-order valence-corrected chi connectivity index (χ0v) is 13.6. The number of alkyl halides is 1. The molecule has 3 rings (SSSR count). The van der Waals surface area contributed by atoms with Crippen LogP contribution in [0, 0.1) is 25.8 Å². The Morgan fingerprint density at radius 3 is 2.76 bits per heavy atom. The highest BCUT2D eigenvalue weighted by molar-refractivity contribution is 9.09. The van der Waals surface area contributed by atoms with Gasteiger partial charge in [0.25, 0.3) is 0 Å². The Kier molecular flexibility index (Phi) is 3.81. The van der Waals surface area contributed by atoms with E-state index in [4.69, 9.17) is 0 Å². The van der Waals surface area contributed by atoms with E-state index in [9.17, 15) is 0 Å². The molecule has 2 aromatic heterocycles. The number of aromatic nitrogens is 2. The van der Waals surface area contributed by atoms with Crippen molar-refractivity contribution >= 4 is 26.8 Å². The van der Waals surface area contributed by atoms with Gasteiger partial charge in [-0.3, -0.25) is 9.55 Å². The van der Waals surface area contributed by atoms with Crippen LogP contribution in [0.3, 0.4) is 0 Å². The lowest BCUT2D eigenvalue weighted by atomic mass is 10.0. The minimum atomic E-state index is 0.657. The van der Waals surface area contributed by atoms with E-state index >= 15 is 0 Å². The van der Waals surface area contributed by atoms with Gasteiger partial charge in [-0.1, -0.05) is 34.0 Å². The molecule has 21 heavy (non-hydrogen) atoms. The largest absolute Gasteiger partial charge is 0.268 e. The molecule has 0 unspecified atom stereocenters. The number of halogens is 1. The molecule has 0 radical (unpaired) electrons. The SMILES string of the molecule is Cc1cccc2c1c(C)c(-c1cccnc1)n2C#CCBr. The van der Waals surface area contributed by atoms with Crippen LogP contribution in [0.4, 0.5) is 0 Å². The quantitative estimate of drug-likeness (QED) is 0.471. The fourth-order valence-electron chi connectivity index (χ4n) is 2.81. The van der Waals surface area contributed by atoms with Crippen molar-refractivity contribution in [2.24, 2.45) is 0 Å². The first kappa shape index (κ1) is 13.9. The Morgan fingerprint density at radius 2 is 2.05 bits per heavy atom. The third-order valence-corrected chi connectivity index (χ3v) is 3.92. The van der Waals surface area contributed by atoms with Crippen LogP contribution in [-0.2, 0) is 0 Å². The molecule has 0 aliphatic rings. The predicted octanol–water partition coefficient (Wildman–Crippen LogP) is 4.52. The molecule has 0 saturated heterocycles. The predicted molar refractivity (Wildman–Crippen MR) is 91.6 cm³/mol. The lowest BCUT2D eigenvalue weighted by Crippen LogP contribution is -1.93. The van der Waals surface area contributed by atoms with Gasteiger partial charge in [0.15, 0.2) is 0 Å². The van der Waals surface area contributed by atoms with Crippen molar-refractivity contribution in [2.75, 3.05) is 5.33 Å². The number of fused-ring (bicyclic) bond motifs is 1. The molecule has 3 heteroatoms. The molecule has 2 nitrogen and oxygen atoms in total. The van der Waals surface area contributed by atoms with Gasteiger partial charge in [0.2, 0.25) is 0 Å². The van der Waals surface area contributed by atoms with Crippen molar-refractivity contribution in [3.8, 4) is 23.2 Å². The van der Waals surface area contributed by atoms with Crippen molar-refractivity contribution < 1.29 is 0 Å². The number of hydrogen-bond donors (Lipinski definition) is 0. The van der Waals surface area contributed by atoms with Gasteiger partial charge in [-0.25, -0.2) is 0 Å². The molecular formula is C18H15BrN2. The van der Waals surface area contributed by atoms with Crippen molar-refractivity contribution in [2.45, 2.75) is 13.8 Å². The molecule has 0 saturated carbocycles. The van der Waals surface area contributed by atoms with E-state index in [1.54, 1.807) is 6.20 Å². The first-order valence-corrected chi connectivity index (χ1v) is 7.92. The van der Waals surface area contributed by atoms with E-state index in [0.29, 0.717) is 5.33 Å². The summed E-state index contributed by atoms with van der Waals surface area (Å²) in [5.41, 5.74) is 5.89. The lowest BCUT2D eigenvalue weighted by Gasteiger charge is -2.04. The molecule has 0 aliphatic carbocycles. The zero-order chi connectivity index (χ0) is 14.8. The second kappa shape index (κ2) is 5.75. The minimum absolute atomic E-state index is 0.657. The Morgan fingerprint density at radius 1 is 1.19 bits per heavy atom. The van der Waals surface area contributed by atoms with Crippen LogP contribution in [-0.4, -0.2) is 14.9 Å². The molecule has 0 bridgehead atoms. The normalized spacial score (nSPS) is 10.4. The highest BCUT2D eigenvalue weighted by Gasteiger charge is 2.16. The van der Waals surface area contributed by atoms with E-state index in [1.165, 1.54) is 16.5 Å². The summed E-state index contributed by atoms with van der Waals surface area (Å²) in [4.78, 5) is 4.25. The second-order valence-electron chi connectivity index (χ2n) is 4.94. The molecular weight excluding hydrogens is 324 g/mol. The van der Waals surface area contributed by atoms with Gasteiger partial charge in [0, 0.05) is 29.4 Å². The average Bonchev–Trinajstić information content (AvgIpc) is 2.79. The maximum absolute atomic E-state index is 4.25. The van der Waals surface area contributed by atoms with E-state index < -0.39 is 0 Å². The van der Waals surface area contributed by atoms with Gasteiger partial charge in [0.1, 0.15) is 0 Å². The lowest BCUT2D eigenvalue weighted by molar-refractivity contribution is 1.18. The van der Waals surface area contributed by atoms with Crippen molar-refractivity contribution in [1.82, 2.24) is 9.55 Å². The summed E-state index contributed by atoms with van der Waals surface area (Å²) in [6.07, 6.45) is 3.68. The molecule has 0 atom stereocenters. The smallest absolute Gasteiger partial charge is 0.0669 e. The molecule has 3 aromatic rings. The standard InChI is InChI=1S/C18H15BrN2/c1-13-6-3-8-16-17(13)14(2)18(21(16)11-5-9-19)15-7-4-10-20-12-15/h3-4,6-8,10,12H,9H2,1-2H3. The number of nitrogens with zero attached hydrogens (tertiary/aromatic N) is 2. The Labute approximate surface area is 133 Å². The van der Waals surface area contributed by atoms with Gasteiger partial charge >= 0.3 is 0 Å². The Bertz CT molecular complexity index is 852. The summed E-state index contributed by atoms with van der Waals surface area (Å²) < 4.78 is 2.08.